The molecule has 0 saturated heterocycles. The summed E-state index contributed by atoms with van der Waals surface area (Å²) in [5.41, 5.74) is 5.09. The smallest absolute Gasteiger partial charge is 0.304 e. The van der Waals surface area contributed by atoms with E-state index in [4.69, 9.17) is 5.73 Å². The number of hydrogen-bond donors (Lipinski definition) is 2. The Morgan fingerprint density at radius 3 is 2.84 bits per heavy atom. The fourth-order valence-electron chi connectivity index (χ4n) is 1.99. The largest absolute Gasteiger partial charge is 0.385 e. The molecular formula is C10H15N3O4S2. The highest BCUT2D eigenvalue weighted by Crippen LogP contribution is 2.38. The molecule has 7 nitrogen and oxygen atoms in total. The predicted octanol–water partition coefficient (Wildman–Crippen LogP) is 1.71. The van der Waals surface area contributed by atoms with Gasteiger partial charge in [-0.3, -0.25) is 10.1 Å². The molecule has 3 N–H and O–H groups in total. The third kappa shape index (κ3) is 3.04. The van der Waals surface area contributed by atoms with Crippen LogP contribution in [-0.2, 0) is 10.0 Å². The zero-order valence-electron chi connectivity index (χ0n) is 10.3. The molecule has 1 heterocycles. The number of rotatable bonds is 6. The molecule has 0 spiro atoms. The van der Waals surface area contributed by atoms with E-state index in [1.807, 2.05) is 6.92 Å². The lowest BCUT2D eigenvalue weighted by atomic mass is 10.2. The van der Waals surface area contributed by atoms with Crippen LogP contribution in [0.25, 0.3) is 0 Å². The summed E-state index contributed by atoms with van der Waals surface area (Å²) in [7, 11) is -3.70. The summed E-state index contributed by atoms with van der Waals surface area (Å²) >= 11 is 0.720. The van der Waals surface area contributed by atoms with E-state index in [2.05, 4.69) is 4.72 Å². The van der Waals surface area contributed by atoms with Crippen molar-refractivity contribution in [1.29, 1.82) is 0 Å². The molecule has 0 aliphatic heterocycles. The van der Waals surface area contributed by atoms with Crippen LogP contribution < -0.4 is 10.5 Å². The number of nitro groups is 1. The first-order valence-corrected chi connectivity index (χ1v) is 8.21. The number of nitrogens with two attached hydrogens (primary N) is 1. The van der Waals surface area contributed by atoms with Gasteiger partial charge in [0.05, 0.1) is 4.92 Å². The predicted molar refractivity (Wildman–Crippen MR) is 72.5 cm³/mol. The van der Waals surface area contributed by atoms with Crippen LogP contribution in [0.1, 0.15) is 26.2 Å². The Morgan fingerprint density at radius 1 is 1.63 bits per heavy atom. The number of nitrogen functional groups attached to an aromatic ring is 1. The molecule has 1 aromatic heterocycles. The highest BCUT2D eigenvalue weighted by molar-refractivity contribution is 7.91. The molecule has 2 unspecified atom stereocenters. The third-order valence-corrected chi connectivity index (χ3v) is 5.98. The molecule has 1 aliphatic rings. The van der Waals surface area contributed by atoms with E-state index in [0.717, 1.165) is 36.7 Å². The van der Waals surface area contributed by atoms with Gasteiger partial charge in [0, 0.05) is 12.1 Å². The summed E-state index contributed by atoms with van der Waals surface area (Å²) in [4.78, 5) is 9.97. The number of anilines is 1. The van der Waals surface area contributed by atoms with Crippen LogP contribution in [0.15, 0.2) is 10.3 Å². The van der Waals surface area contributed by atoms with Crippen molar-refractivity contribution in [3.63, 3.8) is 0 Å². The van der Waals surface area contributed by atoms with E-state index in [1.54, 1.807) is 0 Å². The van der Waals surface area contributed by atoms with E-state index in [1.165, 1.54) is 0 Å². The van der Waals surface area contributed by atoms with Crippen molar-refractivity contribution < 1.29 is 13.3 Å². The molecule has 1 saturated carbocycles. The Bertz CT molecular complexity index is 596. The Kier molecular flexibility index (Phi) is 3.79. The highest BCUT2D eigenvalue weighted by Gasteiger charge is 2.40. The highest BCUT2D eigenvalue weighted by atomic mass is 32.2. The van der Waals surface area contributed by atoms with Gasteiger partial charge in [-0.1, -0.05) is 24.7 Å². The molecule has 0 bridgehead atoms. The van der Waals surface area contributed by atoms with Crippen LogP contribution in [0.5, 0.6) is 0 Å². The molecule has 2 rings (SSSR count). The van der Waals surface area contributed by atoms with Crippen LogP contribution in [0.2, 0.25) is 0 Å². The second kappa shape index (κ2) is 5.06. The normalized spacial score (nSPS) is 22.4. The van der Waals surface area contributed by atoms with Gasteiger partial charge < -0.3 is 5.73 Å². The monoisotopic (exact) mass is 305 g/mol. The van der Waals surface area contributed by atoms with Gasteiger partial charge in [0.1, 0.15) is 4.21 Å². The van der Waals surface area contributed by atoms with Crippen LogP contribution >= 0.6 is 11.3 Å². The quantitative estimate of drug-likeness (QED) is 0.613. The minimum atomic E-state index is -3.70. The van der Waals surface area contributed by atoms with Crippen LogP contribution in [0.3, 0.4) is 0 Å². The number of thiophene rings is 1. The molecule has 106 valence electrons. The van der Waals surface area contributed by atoms with E-state index in [-0.39, 0.29) is 20.9 Å². The first-order chi connectivity index (χ1) is 8.85. The third-order valence-electron chi connectivity index (χ3n) is 3.07. The molecule has 2 atom stereocenters. The summed E-state index contributed by atoms with van der Waals surface area (Å²) in [6.45, 7) is 2.05. The van der Waals surface area contributed by atoms with Crippen molar-refractivity contribution in [2.24, 2.45) is 5.92 Å². The number of nitrogens with one attached hydrogen (secondary N) is 1. The molecule has 9 heteroatoms. The van der Waals surface area contributed by atoms with Gasteiger partial charge in [-0.15, -0.1) is 0 Å². The van der Waals surface area contributed by atoms with Crippen molar-refractivity contribution in [2.75, 3.05) is 5.73 Å². The number of hydrogen-bond acceptors (Lipinski definition) is 6. The van der Waals surface area contributed by atoms with Crippen LogP contribution in [0.4, 0.5) is 10.7 Å². The molecular weight excluding hydrogens is 290 g/mol. The van der Waals surface area contributed by atoms with Crippen LogP contribution in [-0.4, -0.2) is 19.4 Å². The topological polar surface area (TPSA) is 115 Å². The van der Waals surface area contributed by atoms with Gasteiger partial charge in [0.15, 0.2) is 5.00 Å². The Balaban J connectivity index is 2.12. The van der Waals surface area contributed by atoms with Gasteiger partial charge in [-0.25, -0.2) is 13.1 Å². The van der Waals surface area contributed by atoms with Crippen molar-refractivity contribution in [1.82, 2.24) is 4.72 Å². The lowest BCUT2D eigenvalue weighted by Gasteiger charge is -2.02. The van der Waals surface area contributed by atoms with Gasteiger partial charge >= 0.3 is 5.69 Å². The lowest BCUT2D eigenvalue weighted by molar-refractivity contribution is -0.383. The summed E-state index contributed by atoms with van der Waals surface area (Å²) < 4.78 is 26.6. The Labute approximate surface area is 115 Å². The van der Waals surface area contributed by atoms with E-state index >= 15 is 0 Å². The number of sulfonamides is 1. The minimum absolute atomic E-state index is 0.0488. The van der Waals surface area contributed by atoms with E-state index in [9.17, 15) is 18.5 Å². The zero-order valence-corrected chi connectivity index (χ0v) is 12.0. The maximum atomic E-state index is 12.0. The van der Waals surface area contributed by atoms with Crippen molar-refractivity contribution in [3.8, 4) is 0 Å². The summed E-state index contributed by atoms with van der Waals surface area (Å²) in [5.74, 6) is 0.382. The molecule has 0 radical (unpaired) electrons. The second-order valence-corrected chi connectivity index (χ2v) is 7.61. The van der Waals surface area contributed by atoms with Gasteiger partial charge in [0.25, 0.3) is 10.0 Å². The number of nitrogens with zero attached hydrogens (tertiary/aromatic N) is 1. The van der Waals surface area contributed by atoms with Crippen molar-refractivity contribution in [2.45, 2.75) is 36.4 Å². The average molecular weight is 305 g/mol. The molecule has 0 amide bonds. The van der Waals surface area contributed by atoms with Crippen LogP contribution in [0, 0.1) is 16.0 Å². The maximum Gasteiger partial charge on any atom is 0.304 e. The van der Waals surface area contributed by atoms with Gasteiger partial charge in [-0.2, -0.15) is 0 Å². The molecule has 1 fully saturated rings. The fraction of sp³-hybridized carbons (Fsp3) is 0.600. The second-order valence-electron chi connectivity index (χ2n) is 4.58. The maximum absolute atomic E-state index is 12.0. The Hall–Kier alpha value is -1.19. The lowest BCUT2D eigenvalue weighted by Crippen LogP contribution is -2.26. The first-order valence-electron chi connectivity index (χ1n) is 5.91. The Morgan fingerprint density at radius 2 is 2.32 bits per heavy atom. The molecule has 1 aromatic rings. The standard InChI is InChI=1S/C10H15N3O4S2/c1-2-3-6-4-7(6)12-19(16,17)9-5-8(13(14)15)10(11)18-9/h5-7,12H,2-4,11H2,1H3. The van der Waals surface area contributed by atoms with Gasteiger partial charge in [0.2, 0.25) is 0 Å². The summed E-state index contributed by atoms with van der Waals surface area (Å²) in [6, 6.07) is 0.965. The molecule has 0 aromatic carbocycles. The van der Waals surface area contributed by atoms with E-state index < -0.39 is 14.9 Å². The summed E-state index contributed by atoms with van der Waals surface area (Å²) in [6.07, 6.45) is 2.83. The van der Waals surface area contributed by atoms with Gasteiger partial charge in [-0.05, 0) is 18.8 Å². The molecule has 19 heavy (non-hydrogen) atoms. The average Bonchev–Trinajstić information content (AvgIpc) is 2.87. The fourth-order valence-corrected chi connectivity index (χ4v) is 4.54. The van der Waals surface area contributed by atoms with Crippen molar-refractivity contribution in [3.05, 3.63) is 16.2 Å². The first kappa shape index (κ1) is 14.2. The molecule has 1 aliphatic carbocycles. The van der Waals surface area contributed by atoms with Crippen molar-refractivity contribution >= 4 is 32.0 Å². The minimum Gasteiger partial charge on any atom is -0.385 e. The van der Waals surface area contributed by atoms with E-state index in [0.29, 0.717) is 5.92 Å². The SMILES string of the molecule is CCCC1CC1NS(=O)(=O)c1cc([N+](=O)[O-])c(N)s1. The zero-order chi connectivity index (χ0) is 14.2. The summed E-state index contributed by atoms with van der Waals surface area (Å²) in [5, 5.41) is 10.6.